The summed E-state index contributed by atoms with van der Waals surface area (Å²) in [5, 5.41) is 2.97. The van der Waals surface area contributed by atoms with Gasteiger partial charge >= 0.3 is 0 Å². The lowest BCUT2D eigenvalue weighted by molar-refractivity contribution is -0.126. The maximum Gasteiger partial charge on any atom is 0.225 e. The first-order chi connectivity index (χ1) is 16.1. The van der Waals surface area contributed by atoms with Crippen molar-refractivity contribution in [3.05, 3.63) is 78.0 Å². The third-order valence-electron chi connectivity index (χ3n) is 6.55. The Morgan fingerprint density at radius 2 is 2.09 bits per heavy atom. The fraction of sp³-hybridized carbons (Fsp3) is 0.320. The Hall–Kier alpha value is -3.68. The molecule has 1 amide bonds. The van der Waals surface area contributed by atoms with Gasteiger partial charge in [0.05, 0.1) is 25.3 Å². The van der Waals surface area contributed by atoms with Gasteiger partial charge in [-0.3, -0.25) is 9.78 Å². The monoisotopic (exact) mass is 447 g/mol. The second-order valence-electron chi connectivity index (χ2n) is 8.38. The molecule has 3 heterocycles. The summed E-state index contributed by atoms with van der Waals surface area (Å²) in [5.74, 6) is 0.935. The quantitative estimate of drug-likeness (QED) is 0.649. The van der Waals surface area contributed by atoms with E-state index in [0.717, 1.165) is 35.9 Å². The van der Waals surface area contributed by atoms with Crippen molar-refractivity contribution in [2.75, 3.05) is 36.5 Å². The molecule has 0 aliphatic carbocycles. The van der Waals surface area contributed by atoms with Crippen molar-refractivity contribution in [1.82, 2.24) is 15.3 Å². The zero-order chi connectivity index (χ0) is 22.8. The van der Waals surface area contributed by atoms with Crippen LogP contribution in [-0.4, -0.2) is 48.7 Å². The van der Waals surface area contributed by atoms with E-state index in [2.05, 4.69) is 25.1 Å². The second kappa shape index (κ2) is 9.05. The SMILES string of the molecule is COc1ccc2c(c1)N1CCN(c3cnccn3)CC1C(C(=O)NCc1ccccc1F)C2. The van der Waals surface area contributed by atoms with Gasteiger partial charge in [0.25, 0.3) is 0 Å². The number of carbonyl (C=O) groups is 1. The number of rotatable bonds is 5. The molecule has 170 valence electrons. The third-order valence-corrected chi connectivity index (χ3v) is 6.55. The molecule has 1 N–H and O–H groups in total. The number of nitrogens with zero attached hydrogens (tertiary/aromatic N) is 4. The summed E-state index contributed by atoms with van der Waals surface area (Å²) in [7, 11) is 1.66. The van der Waals surface area contributed by atoms with E-state index in [1.807, 2.05) is 18.2 Å². The summed E-state index contributed by atoms with van der Waals surface area (Å²) in [6.45, 7) is 2.33. The fourth-order valence-electron chi connectivity index (χ4n) is 4.82. The number of nitrogens with one attached hydrogen (secondary N) is 1. The van der Waals surface area contributed by atoms with Crippen molar-refractivity contribution in [2.45, 2.75) is 19.0 Å². The van der Waals surface area contributed by atoms with E-state index < -0.39 is 0 Å². The number of ether oxygens (including phenoxy) is 1. The van der Waals surface area contributed by atoms with Crippen LogP contribution in [0, 0.1) is 11.7 Å². The van der Waals surface area contributed by atoms with Gasteiger partial charge in [-0.05, 0) is 24.1 Å². The first kappa shape index (κ1) is 21.2. The van der Waals surface area contributed by atoms with E-state index >= 15 is 0 Å². The number of benzene rings is 2. The molecule has 7 nitrogen and oxygen atoms in total. The topological polar surface area (TPSA) is 70.6 Å². The van der Waals surface area contributed by atoms with Crippen LogP contribution in [0.5, 0.6) is 5.75 Å². The molecule has 1 fully saturated rings. The molecule has 2 aliphatic heterocycles. The molecular weight excluding hydrogens is 421 g/mol. The highest BCUT2D eigenvalue weighted by Crippen LogP contribution is 2.38. The molecule has 2 atom stereocenters. The maximum absolute atomic E-state index is 14.1. The van der Waals surface area contributed by atoms with Crippen molar-refractivity contribution >= 4 is 17.4 Å². The standard InChI is InChI=1S/C25H26FN5O2/c1-33-19-7-6-17-12-20(25(32)29-14-18-4-2-3-5-21(18)26)23-16-30(24-15-27-8-9-28-24)10-11-31(23)22(17)13-19/h2-9,13,15,20,23H,10-12,14,16H2,1H3,(H,29,32). The Bertz CT molecular complexity index is 1140. The van der Waals surface area contributed by atoms with Gasteiger partial charge in [0.1, 0.15) is 17.4 Å². The van der Waals surface area contributed by atoms with Crippen molar-refractivity contribution in [3.63, 3.8) is 0 Å². The number of piperazine rings is 1. The highest BCUT2D eigenvalue weighted by molar-refractivity contribution is 5.82. The van der Waals surface area contributed by atoms with Crippen LogP contribution in [0.1, 0.15) is 11.1 Å². The van der Waals surface area contributed by atoms with Gasteiger partial charge in [0.2, 0.25) is 5.91 Å². The van der Waals surface area contributed by atoms with E-state index in [0.29, 0.717) is 18.5 Å². The van der Waals surface area contributed by atoms with E-state index in [4.69, 9.17) is 4.74 Å². The smallest absolute Gasteiger partial charge is 0.225 e. The van der Waals surface area contributed by atoms with Crippen LogP contribution >= 0.6 is 0 Å². The second-order valence-corrected chi connectivity index (χ2v) is 8.38. The number of anilines is 2. The van der Waals surface area contributed by atoms with Gasteiger partial charge in [-0.2, -0.15) is 0 Å². The van der Waals surface area contributed by atoms with E-state index in [1.165, 1.54) is 6.07 Å². The molecule has 2 aromatic carbocycles. The van der Waals surface area contributed by atoms with E-state index in [1.54, 1.807) is 43.9 Å². The number of amides is 1. The van der Waals surface area contributed by atoms with Gasteiger partial charge in [-0.15, -0.1) is 0 Å². The normalized spacial score (nSPS) is 19.5. The van der Waals surface area contributed by atoms with Gasteiger partial charge in [0, 0.05) is 55.9 Å². The van der Waals surface area contributed by atoms with E-state index in [-0.39, 0.29) is 30.2 Å². The first-order valence-electron chi connectivity index (χ1n) is 11.1. The Morgan fingerprint density at radius 1 is 1.21 bits per heavy atom. The zero-order valence-electron chi connectivity index (χ0n) is 18.4. The molecule has 0 spiro atoms. The molecule has 2 unspecified atom stereocenters. The van der Waals surface area contributed by atoms with Crippen LogP contribution in [0.15, 0.2) is 61.1 Å². The predicted molar refractivity (Wildman–Crippen MR) is 124 cm³/mol. The lowest BCUT2D eigenvalue weighted by Gasteiger charge is -2.49. The molecule has 5 rings (SSSR count). The summed E-state index contributed by atoms with van der Waals surface area (Å²) >= 11 is 0. The van der Waals surface area contributed by atoms with Crippen LogP contribution in [0.25, 0.3) is 0 Å². The van der Waals surface area contributed by atoms with Crippen LogP contribution < -0.4 is 19.9 Å². The number of fused-ring (bicyclic) bond motifs is 3. The summed E-state index contributed by atoms with van der Waals surface area (Å²) < 4.78 is 19.5. The number of hydrogen-bond donors (Lipinski definition) is 1. The third kappa shape index (κ3) is 4.20. The summed E-state index contributed by atoms with van der Waals surface area (Å²) in [6.07, 6.45) is 5.70. The number of methoxy groups -OCH3 is 1. The van der Waals surface area contributed by atoms with Gasteiger partial charge < -0.3 is 19.9 Å². The van der Waals surface area contributed by atoms with Crippen molar-refractivity contribution in [3.8, 4) is 5.75 Å². The first-order valence-corrected chi connectivity index (χ1v) is 11.1. The summed E-state index contributed by atoms with van der Waals surface area (Å²) in [5.41, 5.74) is 2.70. The number of aromatic nitrogens is 2. The molecule has 2 aliphatic rings. The summed E-state index contributed by atoms with van der Waals surface area (Å²) in [4.78, 5) is 26.5. The van der Waals surface area contributed by atoms with Crippen molar-refractivity contribution in [1.29, 1.82) is 0 Å². The zero-order valence-corrected chi connectivity index (χ0v) is 18.4. The van der Waals surface area contributed by atoms with Gasteiger partial charge in [-0.25, -0.2) is 9.37 Å². The molecule has 0 radical (unpaired) electrons. The minimum absolute atomic E-state index is 0.0546. The van der Waals surface area contributed by atoms with Crippen LogP contribution in [0.3, 0.4) is 0 Å². The Morgan fingerprint density at radius 3 is 2.88 bits per heavy atom. The van der Waals surface area contributed by atoms with Crippen LogP contribution in [0.2, 0.25) is 0 Å². The predicted octanol–water partition coefficient (Wildman–Crippen LogP) is 2.81. The van der Waals surface area contributed by atoms with Gasteiger partial charge in [0.15, 0.2) is 0 Å². The highest BCUT2D eigenvalue weighted by Gasteiger charge is 2.42. The van der Waals surface area contributed by atoms with Crippen molar-refractivity contribution < 1.29 is 13.9 Å². The highest BCUT2D eigenvalue weighted by atomic mass is 19.1. The molecule has 0 bridgehead atoms. The Balaban J connectivity index is 1.42. The van der Waals surface area contributed by atoms with Crippen LogP contribution in [0.4, 0.5) is 15.9 Å². The molecule has 1 aromatic heterocycles. The number of halogens is 1. The average molecular weight is 448 g/mol. The average Bonchev–Trinajstić information content (AvgIpc) is 2.87. The largest absolute Gasteiger partial charge is 0.497 e. The minimum Gasteiger partial charge on any atom is -0.497 e. The summed E-state index contributed by atoms with van der Waals surface area (Å²) in [6, 6.07) is 12.5. The maximum atomic E-state index is 14.1. The minimum atomic E-state index is -0.313. The Kier molecular flexibility index (Phi) is 5.81. The van der Waals surface area contributed by atoms with E-state index in [9.17, 15) is 9.18 Å². The molecule has 8 heteroatoms. The number of hydrogen-bond acceptors (Lipinski definition) is 6. The lowest BCUT2D eigenvalue weighted by atomic mass is 9.83. The molecular formula is C25H26FN5O2. The molecule has 1 saturated heterocycles. The molecule has 3 aromatic rings. The lowest BCUT2D eigenvalue weighted by Crippen LogP contribution is -2.61. The number of carbonyl (C=O) groups excluding carboxylic acids is 1. The van der Waals surface area contributed by atoms with Crippen molar-refractivity contribution in [2.24, 2.45) is 5.92 Å². The Labute approximate surface area is 192 Å². The molecule has 33 heavy (non-hydrogen) atoms. The van der Waals surface area contributed by atoms with Gasteiger partial charge in [-0.1, -0.05) is 24.3 Å². The fourth-order valence-corrected chi connectivity index (χ4v) is 4.82. The molecule has 0 saturated carbocycles. The van der Waals surface area contributed by atoms with Crippen LogP contribution in [-0.2, 0) is 17.8 Å².